The second kappa shape index (κ2) is 9.47. The van der Waals surface area contributed by atoms with Crippen LogP contribution in [0, 0.1) is 0 Å². The molecule has 46 heavy (non-hydrogen) atoms. The number of rotatable bonds is 3. The average Bonchev–Trinajstić information content (AvgIpc) is 3.74. The standard InChI is InChI=1S/C43H29N3/c1-44-37-18-8-5-14-31(37)34-17-11-21-42(43(34)44)46-39-20-10-7-16-33(39)36-27-29(23-25-41(36)46)28-22-24-40-35(26-28)32-15-6-9-19-38(32)45(40)30-12-3-2-4-13-30/h2-27H,1H3. The quantitative estimate of drug-likeness (QED) is 0.195. The number of benzene rings is 7. The third-order valence-corrected chi connectivity index (χ3v) is 9.84. The summed E-state index contributed by atoms with van der Waals surface area (Å²) in [7, 11) is 2.19. The number of aromatic nitrogens is 3. The Labute approximate surface area is 265 Å². The summed E-state index contributed by atoms with van der Waals surface area (Å²) in [5.41, 5.74) is 12.2. The van der Waals surface area contributed by atoms with Crippen molar-refractivity contribution in [3.63, 3.8) is 0 Å². The van der Waals surface area contributed by atoms with Crippen molar-refractivity contribution in [2.75, 3.05) is 0 Å². The van der Waals surface area contributed by atoms with Crippen LogP contribution in [0.1, 0.15) is 0 Å². The van der Waals surface area contributed by atoms with Crippen LogP contribution in [-0.4, -0.2) is 13.7 Å². The number of hydrogen-bond donors (Lipinski definition) is 0. The molecule has 10 aromatic rings. The van der Waals surface area contributed by atoms with Gasteiger partial charge in [0.15, 0.2) is 0 Å². The van der Waals surface area contributed by atoms with Crippen molar-refractivity contribution in [2.24, 2.45) is 7.05 Å². The summed E-state index contributed by atoms with van der Waals surface area (Å²) in [6.07, 6.45) is 0. The lowest BCUT2D eigenvalue weighted by Crippen LogP contribution is -1.98. The van der Waals surface area contributed by atoms with E-state index in [-0.39, 0.29) is 0 Å². The fourth-order valence-corrected chi connectivity index (χ4v) is 7.82. The van der Waals surface area contributed by atoms with E-state index >= 15 is 0 Å². The molecule has 3 aromatic heterocycles. The van der Waals surface area contributed by atoms with Crippen LogP contribution < -0.4 is 0 Å². The summed E-state index contributed by atoms with van der Waals surface area (Å²) < 4.78 is 7.17. The van der Waals surface area contributed by atoms with Gasteiger partial charge < -0.3 is 13.7 Å². The summed E-state index contributed by atoms with van der Waals surface area (Å²) in [5.74, 6) is 0. The van der Waals surface area contributed by atoms with Crippen LogP contribution in [-0.2, 0) is 7.05 Å². The van der Waals surface area contributed by atoms with Gasteiger partial charge in [-0.2, -0.15) is 0 Å². The molecular weight excluding hydrogens is 558 g/mol. The van der Waals surface area contributed by atoms with Crippen molar-refractivity contribution in [3.8, 4) is 22.5 Å². The van der Waals surface area contributed by atoms with Crippen molar-refractivity contribution < 1.29 is 0 Å². The molecule has 3 heteroatoms. The van der Waals surface area contributed by atoms with E-state index < -0.39 is 0 Å². The first-order chi connectivity index (χ1) is 22.8. The Balaban J connectivity index is 1.21. The molecule has 0 atom stereocenters. The second-order valence-electron chi connectivity index (χ2n) is 12.3. The van der Waals surface area contributed by atoms with E-state index in [1.807, 2.05) is 0 Å². The van der Waals surface area contributed by atoms with Gasteiger partial charge in [0.05, 0.1) is 33.3 Å². The van der Waals surface area contributed by atoms with Crippen molar-refractivity contribution in [3.05, 3.63) is 158 Å². The molecule has 3 heterocycles. The second-order valence-corrected chi connectivity index (χ2v) is 12.3. The molecule has 7 aromatic carbocycles. The summed E-state index contributed by atoms with van der Waals surface area (Å²) in [5, 5.41) is 7.62. The summed E-state index contributed by atoms with van der Waals surface area (Å²) in [4.78, 5) is 0. The highest BCUT2D eigenvalue weighted by molar-refractivity contribution is 6.15. The van der Waals surface area contributed by atoms with Gasteiger partial charge in [0.2, 0.25) is 0 Å². The van der Waals surface area contributed by atoms with Crippen LogP contribution in [0.25, 0.3) is 87.9 Å². The highest BCUT2D eigenvalue weighted by Gasteiger charge is 2.19. The molecule has 0 spiro atoms. The molecule has 0 unspecified atom stereocenters. The monoisotopic (exact) mass is 587 g/mol. The summed E-state index contributed by atoms with van der Waals surface area (Å²) >= 11 is 0. The Hall–Kier alpha value is -6.06. The van der Waals surface area contributed by atoms with E-state index in [1.54, 1.807) is 0 Å². The minimum atomic E-state index is 1.18. The third-order valence-electron chi connectivity index (χ3n) is 9.84. The summed E-state index contributed by atoms with van der Waals surface area (Å²) in [6.45, 7) is 0. The molecule has 0 saturated heterocycles. The zero-order valence-corrected chi connectivity index (χ0v) is 25.4. The zero-order valence-electron chi connectivity index (χ0n) is 25.4. The van der Waals surface area contributed by atoms with Crippen LogP contribution in [0.2, 0.25) is 0 Å². The van der Waals surface area contributed by atoms with Crippen LogP contribution >= 0.6 is 0 Å². The van der Waals surface area contributed by atoms with Gasteiger partial charge in [-0.3, -0.25) is 0 Å². The van der Waals surface area contributed by atoms with E-state index in [9.17, 15) is 0 Å². The number of fused-ring (bicyclic) bond motifs is 9. The van der Waals surface area contributed by atoms with Crippen molar-refractivity contribution >= 4 is 65.4 Å². The SMILES string of the molecule is Cn1c2ccccc2c2cccc(-n3c4ccccc4c4cc(-c5ccc6c(c5)c5ccccc5n6-c5ccccc5)ccc43)c21. The van der Waals surface area contributed by atoms with Gasteiger partial charge in [-0.15, -0.1) is 0 Å². The Morgan fingerprint density at radius 3 is 1.48 bits per heavy atom. The lowest BCUT2D eigenvalue weighted by Gasteiger charge is -2.12. The molecule has 0 saturated carbocycles. The first-order valence-corrected chi connectivity index (χ1v) is 15.8. The predicted octanol–water partition coefficient (Wildman–Crippen LogP) is 11.2. The molecule has 0 radical (unpaired) electrons. The fourth-order valence-electron chi connectivity index (χ4n) is 7.82. The molecule has 0 aliphatic carbocycles. The lowest BCUT2D eigenvalue weighted by atomic mass is 10.0. The Bertz CT molecular complexity index is 2810. The first-order valence-electron chi connectivity index (χ1n) is 15.8. The van der Waals surface area contributed by atoms with Crippen LogP contribution in [0.5, 0.6) is 0 Å². The van der Waals surface area contributed by atoms with Gasteiger partial charge in [-0.1, -0.05) is 97.1 Å². The van der Waals surface area contributed by atoms with E-state index in [2.05, 4.69) is 178 Å². The Kier molecular flexibility index (Phi) is 5.20. The highest BCUT2D eigenvalue weighted by atomic mass is 15.0. The average molecular weight is 588 g/mol. The molecule has 0 N–H and O–H groups in total. The number of para-hydroxylation sites is 5. The molecule has 0 aliphatic heterocycles. The van der Waals surface area contributed by atoms with Gasteiger partial charge in [0.25, 0.3) is 0 Å². The summed E-state index contributed by atoms with van der Waals surface area (Å²) in [6, 6.07) is 57.5. The minimum absolute atomic E-state index is 1.18. The zero-order chi connectivity index (χ0) is 30.4. The molecule has 0 bridgehead atoms. The Morgan fingerprint density at radius 1 is 0.348 bits per heavy atom. The minimum Gasteiger partial charge on any atom is -0.342 e. The molecule has 0 fully saturated rings. The van der Waals surface area contributed by atoms with Crippen LogP contribution in [0.3, 0.4) is 0 Å². The fraction of sp³-hybridized carbons (Fsp3) is 0.0233. The van der Waals surface area contributed by atoms with Crippen LogP contribution in [0.15, 0.2) is 158 Å². The van der Waals surface area contributed by atoms with Gasteiger partial charge in [0, 0.05) is 50.6 Å². The predicted molar refractivity (Wildman–Crippen MR) is 195 cm³/mol. The molecule has 0 amide bonds. The maximum Gasteiger partial charge on any atom is 0.0733 e. The van der Waals surface area contributed by atoms with Gasteiger partial charge >= 0.3 is 0 Å². The van der Waals surface area contributed by atoms with Gasteiger partial charge in [0.1, 0.15) is 0 Å². The smallest absolute Gasteiger partial charge is 0.0733 e. The van der Waals surface area contributed by atoms with Crippen molar-refractivity contribution in [1.29, 1.82) is 0 Å². The largest absolute Gasteiger partial charge is 0.342 e. The molecule has 0 aliphatic rings. The number of hydrogen-bond acceptors (Lipinski definition) is 0. The van der Waals surface area contributed by atoms with E-state index in [1.165, 1.54) is 87.9 Å². The maximum absolute atomic E-state index is 2.45. The first kappa shape index (κ1) is 25.3. The van der Waals surface area contributed by atoms with E-state index in [0.717, 1.165) is 0 Å². The van der Waals surface area contributed by atoms with Crippen LogP contribution in [0.4, 0.5) is 0 Å². The molecule has 3 nitrogen and oxygen atoms in total. The number of aryl methyl sites for hydroxylation is 1. The highest BCUT2D eigenvalue weighted by Crippen LogP contribution is 2.40. The van der Waals surface area contributed by atoms with E-state index in [4.69, 9.17) is 0 Å². The van der Waals surface area contributed by atoms with Crippen molar-refractivity contribution in [1.82, 2.24) is 13.7 Å². The molecule has 216 valence electrons. The maximum atomic E-state index is 2.45. The molecular formula is C43H29N3. The van der Waals surface area contributed by atoms with Gasteiger partial charge in [-0.25, -0.2) is 0 Å². The lowest BCUT2D eigenvalue weighted by molar-refractivity contribution is 1.00. The molecule has 10 rings (SSSR count). The Morgan fingerprint density at radius 2 is 0.826 bits per heavy atom. The van der Waals surface area contributed by atoms with E-state index in [0.29, 0.717) is 0 Å². The number of nitrogens with zero attached hydrogens (tertiary/aromatic N) is 3. The third kappa shape index (κ3) is 3.43. The topological polar surface area (TPSA) is 14.8 Å². The van der Waals surface area contributed by atoms with Crippen molar-refractivity contribution in [2.45, 2.75) is 0 Å². The normalized spacial score (nSPS) is 12.0. The van der Waals surface area contributed by atoms with Gasteiger partial charge in [-0.05, 0) is 71.8 Å².